The summed E-state index contributed by atoms with van der Waals surface area (Å²) in [4.78, 5) is 27.4. The topological polar surface area (TPSA) is 138 Å². The number of carboxylic acid groups (broad SMARTS) is 1. The zero-order valence-corrected chi connectivity index (χ0v) is 19.6. The largest absolute Gasteiger partial charge is 0.490 e. The van der Waals surface area contributed by atoms with Gasteiger partial charge in [-0.15, -0.1) is 0 Å². The maximum Gasteiger partial charge on any atom is 0.490 e. The van der Waals surface area contributed by atoms with Crippen LogP contribution in [-0.2, 0) is 26.0 Å². The Bertz CT molecular complexity index is 1260. The van der Waals surface area contributed by atoms with Gasteiger partial charge >= 0.3 is 12.1 Å². The fraction of sp³-hybridized carbons (Fsp3) is 0.391. The molecule has 9 nitrogen and oxygen atoms in total. The molecule has 3 heterocycles. The lowest BCUT2D eigenvalue weighted by atomic mass is 9.83. The third-order valence-electron chi connectivity index (χ3n) is 6.08. The van der Waals surface area contributed by atoms with Gasteiger partial charge in [0.2, 0.25) is 0 Å². The third kappa shape index (κ3) is 5.83. The number of nitrogens with zero attached hydrogens (tertiary/aromatic N) is 3. The molecule has 2 saturated heterocycles. The molecule has 1 aromatic heterocycles. The molecule has 4 rings (SSSR count). The highest BCUT2D eigenvalue weighted by Gasteiger charge is 2.62. The number of aromatic nitrogens is 1. The molecule has 2 aromatic rings. The number of amides is 1. The maximum atomic E-state index is 12.8. The predicted molar refractivity (Wildman–Crippen MR) is 119 cm³/mol. The van der Waals surface area contributed by atoms with Gasteiger partial charge in [0.15, 0.2) is 9.84 Å². The number of benzene rings is 1. The summed E-state index contributed by atoms with van der Waals surface area (Å²) in [6.07, 6.45) is -2.85. The Labute approximate surface area is 205 Å². The van der Waals surface area contributed by atoms with E-state index in [9.17, 15) is 26.4 Å². The van der Waals surface area contributed by atoms with Crippen molar-refractivity contribution in [3.8, 4) is 6.07 Å². The van der Waals surface area contributed by atoms with Gasteiger partial charge in [-0.25, -0.2) is 13.2 Å². The molecule has 2 fully saturated rings. The molecule has 0 bridgehead atoms. The van der Waals surface area contributed by atoms with Crippen molar-refractivity contribution < 1.29 is 41.0 Å². The Morgan fingerprint density at radius 2 is 1.92 bits per heavy atom. The van der Waals surface area contributed by atoms with E-state index in [4.69, 9.17) is 19.9 Å². The van der Waals surface area contributed by atoms with E-state index in [1.807, 2.05) is 24.3 Å². The van der Waals surface area contributed by atoms with Crippen LogP contribution in [0, 0.1) is 17.2 Å². The second-order valence-corrected chi connectivity index (χ2v) is 10.8. The minimum absolute atomic E-state index is 0.122. The highest BCUT2D eigenvalue weighted by atomic mass is 32.2. The van der Waals surface area contributed by atoms with E-state index in [0.29, 0.717) is 30.8 Å². The lowest BCUT2D eigenvalue weighted by Gasteiger charge is -2.49. The number of nitriles is 1. The van der Waals surface area contributed by atoms with Crippen molar-refractivity contribution in [2.24, 2.45) is 5.92 Å². The van der Waals surface area contributed by atoms with Gasteiger partial charge in [-0.05, 0) is 36.8 Å². The van der Waals surface area contributed by atoms with Gasteiger partial charge in [-0.2, -0.15) is 18.4 Å². The Balaban J connectivity index is 0.000000454. The number of hydrogen-bond donors (Lipinski definition) is 1. The Morgan fingerprint density at radius 3 is 2.50 bits per heavy atom. The van der Waals surface area contributed by atoms with Crippen LogP contribution in [0.15, 0.2) is 48.7 Å². The Morgan fingerprint density at radius 1 is 1.22 bits per heavy atom. The minimum atomic E-state index is -5.08. The van der Waals surface area contributed by atoms with Crippen LogP contribution < -0.4 is 0 Å². The molecule has 1 N–H and O–H groups in total. The molecule has 0 radical (unpaired) electrons. The third-order valence-corrected chi connectivity index (χ3v) is 8.68. The van der Waals surface area contributed by atoms with Crippen LogP contribution in [0.1, 0.15) is 28.0 Å². The number of pyridine rings is 1. The summed E-state index contributed by atoms with van der Waals surface area (Å²) in [7, 11) is -3.30. The molecule has 1 spiro atoms. The number of carbonyl (C=O) groups is 2. The molecule has 0 saturated carbocycles. The molecule has 0 aliphatic carbocycles. The molecule has 13 heteroatoms. The van der Waals surface area contributed by atoms with E-state index in [0.717, 1.165) is 5.69 Å². The summed E-state index contributed by atoms with van der Waals surface area (Å²) < 4.78 is 62.1. The smallest absolute Gasteiger partial charge is 0.475 e. The number of carboxylic acids is 1. The molecule has 1 unspecified atom stereocenters. The molecule has 1 aromatic carbocycles. The van der Waals surface area contributed by atoms with Crippen LogP contribution in [-0.4, -0.2) is 71.7 Å². The van der Waals surface area contributed by atoms with Crippen molar-refractivity contribution in [1.82, 2.24) is 9.88 Å². The lowest BCUT2D eigenvalue weighted by Crippen LogP contribution is -2.68. The first-order valence-electron chi connectivity index (χ1n) is 10.7. The summed E-state index contributed by atoms with van der Waals surface area (Å²) in [5, 5.41) is 16.1. The second-order valence-electron chi connectivity index (χ2n) is 8.36. The van der Waals surface area contributed by atoms with Gasteiger partial charge in [0, 0.05) is 30.8 Å². The molecule has 2 aliphatic heterocycles. The van der Waals surface area contributed by atoms with Crippen LogP contribution in [0.2, 0.25) is 0 Å². The number of carbonyl (C=O) groups excluding carboxylic acids is 1. The van der Waals surface area contributed by atoms with E-state index in [1.165, 1.54) is 6.07 Å². The molecule has 1 amide bonds. The van der Waals surface area contributed by atoms with Gasteiger partial charge in [-0.1, -0.05) is 12.1 Å². The number of halogens is 3. The van der Waals surface area contributed by atoms with Gasteiger partial charge in [0.05, 0.1) is 36.3 Å². The van der Waals surface area contributed by atoms with Crippen molar-refractivity contribution in [2.45, 2.75) is 24.0 Å². The summed E-state index contributed by atoms with van der Waals surface area (Å²) >= 11 is 0. The number of likely N-dealkylation sites (tertiary alicyclic amines) is 1. The van der Waals surface area contributed by atoms with Gasteiger partial charge in [-0.3, -0.25) is 9.78 Å². The summed E-state index contributed by atoms with van der Waals surface area (Å²) in [6.45, 7) is 0.990. The van der Waals surface area contributed by atoms with Gasteiger partial charge in [0.25, 0.3) is 5.91 Å². The van der Waals surface area contributed by atoms with E-state index in [1.54, 1.807) is 29.3 Å². The normalized spacial score (nSPS) is 19.5. The van der Waals surface area contributed by atoms with Gasteiger partial charge in [0.1, 0.15) is 4.75 Å². The summed E-state index contributed by atoms with van der Waals surface area (Å²) in [5.74, 6) is -3.03. The minimum Gasteiger partial charge on any atom is -0.475 e. The Kier molecular flexibility index (Phi) is 8.00. The monoisotopic (exact) mass is 525 g/mol. The molecule has 1 atom stereocenters. The lowest BCUT2D eigenvalue weighted by molar-refractivity contribution is -0.192. The van der Waals surface area contributed by atoms with Crippen molar-refractivity contribution >= 4 is 21.7 Å². The number of alkyl halides is 3. The van der Waals surface area contributed by atoms with E-state index in [-0.39, 0.29) is 30.7 Å². The van der Waals surface area contributed by atoms with Crippen LogP contribution in [0.5, 0.6) is 0 Å². The molecular formula is C23H22F3N3O6S. The van der Waals surface area contributed by atoms with E-state index < -0.39 is 26.7 Å². The SMILES string of the molecule is N#Cc1cccc(C(=O)N2CC3(C2)C(COCc2ccccn2)CCS3(=O)=O)c1.O=C(O)C(F)(F)F. The molecule has 192 valence electrons. The van der Waals surface area contributed by atoms with E-state index in [2.05, 4.69) is 4.98 Å². The fourth-order valence-corrected chi connectivity index (χ4v) is 6.54. The molecular weight excluding hydrogens is 503 g/mol. The number of hydrogen-bond acceptors (Lipinski definition) is 7. The number of sulfone groups is 1. The first kappa shape index (κ1) is 27.1. The van der Waals surface area contributed by atoms with Crippen molar-refractivity contribution in [2.75, 3.05) is 25.4 Å². The highest BCUT2D eigenvalue weighted by Crippen LogP contribution is 2.45. The van der Waals surface area contributed by atoms with Crippen molar-refractivity contribution in [3.05, 3.63) is 65.5 Å². The molecule has 2 aliphatic rings. The average Bonchev–Trinajstić information content (AvgIpc) is 3.08. The van der Waals surface area contributed by atoms with Crippen molar-refractivity contribution in [1.29, 1.82) is 5.26 Å². The molecule has 36 heavy (non-hydrogen) atoms. The number of aliphatic carboxylic acids is 1. The quantitative estimate of drug-likeness (QED) is 0.628. The number of rotatable bonds is 5. The van der Waals surface area contributed by atoms with Gasteiger partial charge < -0.3 is 14.7 Å². The first-order valence-corrected chi connectivity index (χ1v) is 12.3. The van der Waals surface area contributed by atoms with Crippen LogP contribution in [0.4, 0.5) is 13.2 Å². The second kappa shape index (κ2) is 10.6. The van der Waals surface area contributed by atoms with Crippen LogP contribution >= 0.6 is 0 Å². The number of ether oxygens (including phenoxy) is 1. The van der Waals surface area contributed by atoms with E-state index >= 15 is 0 Å². The van der Waals surface area contributed by atoms with Crippen LogP contribution in [0.3, 0.4) is 0 Å². The van der Waals surface area contributed by atoms with Crippen LogP contribution in [0.25, 0.3) is 0 Å². The standard InChI is InChI=1S/C21H21N3O4S.C2HF3O2/c22-11-16-4-3-5-17(10-16)20(25)24-14-21(15-24)18(7-9-29(21,26)27)12-28-13-19-6-1-2-8-23-19;3-2(4,5)1(6)7/h1-6,8,10,18H,7,9,12-15H2;(H,6,7). The van der Waals surface area contributed by atoms with Crippen molar-refractivity contribution in [3.63, 3.8) is 0 Å². The average molecular weight is 526 g/mol. The maximum absolute atomic E-state index is 12.8. The first-order chi connectivity index (χ1) is 16.9. The zero-order valence-electron chi connectivity index (χ0n) is 18.8. The highest BCUT2D eigenvalue weighted by molar-refractivity contribution is 7.93. The predicted octanol–water partition coefficient (Wildman–Crippen LogP) is 2.43. The zero-order chi connectivity index (χ0) is 26.6. The Hall–Kier alpha value is -3.50. The summed E-state index contributed by atoms with van der Waals surface area (Å²) in [5.41, 5.74) is 1.60. The fourth-order valence-electron chi connectivity index (χ4n) is 4.14. The summed E-state index contributed by atoms with van der Waals surface area (Å²) in [6, 6.07) is 14.0.